The molecule has 3 atom stereocenters. The molecule has 1 aromatic rings. The highest BCUT2D eigenvalue weighted by Gasteiger charge is 2.35. The van der Waals surface area contributed by atoms with Crippen LogP contribution in [0.2, 0.25) is 0 Å². The van der Waals surface area contributed by atoms with Crippen molar-refractivity contribution >= 4 is 11.9 Å². The summed E-state index contributed by atoms with van der Waals surface area (Å²) in [6.45, 7) is 1.51. The van der Waals surface area contributed by atoms with Gasteiger partial charge in [-0.2, -0.15) is 0 Å². The zero-order valence-corrected chi connectivity index (χ0v) is 11.3. The third kappa shape index (κ3) is 3.55. The van der Waals surface area contributed by atoms with Gasteiger partial charge >= 0.3 is 5.97 Å². The van der Waals surface area contributed by atoms with Gasteiger partial charge in [-0.25, -0.2) is 13.6 Å². The van der Waals surface area contributed by atoms with Crippen LogP contribution in [0.1, 0.15) is 31.4 Å². The first-order chi connectivity index (χ1) is 9.88. The normalized spacial score (nSPS) is 22.8. The van der Waals surface area contributed by atoms with Crippen LogP contribution in [-0.2, 0) is 14.3 Å². The predicted molar refractivity (Wildman–Crippen MR) is 68.4 cm³/mol. The molecule has 1 aromatic carbocycles. The van der Waals surface area contributed by atoms with Crippen LogP contribution in [0.25, 0.3) is 0 Å². The van der Waals surface area contributed by atoms with E-state index in [4.69, 9.17) is 9.84 Å². The van der Waals surface area contributed by atoms with Crippen LogP contribution in [0.5, 0.6) is 0 Å². The van der Waals surface area contributed by atoms with Gasteiger partial charge in [-0.3, -0.25) is 4.79 Å². The zero-order chi connectivity index (χ0) is 15.6. The Morgan fingerprint density at radius 2 is 2.00 bits per heavy atom. The fourth-order valence-corrected chi connectivity index (χ4v) is 2.24. The summed E-state index contributed by atoms with van der Waals surface area (Å²) >= 11 is 0. The van der Waals surface area contributed by atoms with Crippen LogP contribution in [0, 0.1) is 11.6 Å². The number of benzene rings is 1. The molecule has 21 heavy (non-hydrogen) atoms. The maximum absolute atomic E-state index is 13.6. The average Bonchev–Trinajstić information content (AvgIpc) is 2.91. The molecule has 0 bridgehead atoms. The predicted octanol–water partition coefficient (Wildman–Crippen LogP) is 1.77. The first-order valence-electron chi connectivity index (χ1n) is 6.52. The lowest BCUT2D eigenvalue weighted by molar-refractivity contribution is -0.151. The summed E-state index contributed by atoms with van der Waals surface area (Å²) in [7, 11) is 0. The van der Waals surface area contributed by atoms with E-state index in [1.54, 1.807) is 0 Å². The monoisotopic (exact) mass is 299 g/mol. The topological polar surface area (TPSA) is 75.6 Å². The standard InChI is InChI=1S/C14H15F2NO4/c1-7(9-6-8(15)2-3-10(9)16)17-13(18)11-4-5-12(21-11)14(19)20/h2-3,6-7,11-12H,4-5H2,1H3,(H,17,18)(H,19,20)/t7?,11-,12+/m0/s1. The van der Waals surface area contributed by atoms with Crippen LogP contribution in [0.3, 0.4) is 0 Å². The first kappa shape index (κ1) is 15.4. The summed E-state index contributed by atoms with van der Waals surface area (Å²) < 4.78 is 31.8. The van der Waals surface area contributed by atoms with Gasteiger partial charge in [0, 0.05) is 5.56 Å². The van der Waals surface area contributed by atoms with E-state index >= 15 is 0 Å². The molecule has 1 heterocycles. The van der Waals surface area contributed by atoms with Gasteiger partial charge < -0.3 is 15.2 Å². The number of carboxylic acids is 1. The van der Waals surface area contributed by atoms with Crippen molar-refractivity contribution in [2.24, 2.45) is 0 Å². The number of carbonyl (C=O) groups excluding carboxylic acids is 1. The highest BCUT2D eigenvalue weighted by atomic mass is 19.1. The lowest BCUT2D eigenvalue weighted by atomic mass is 10.1. The molecule has 2 N–H and O–H groups in total. The third-order valence-electron chi connectivity index (χ3n) is 3.37. The zero-order valence-electron chi connectivity index (χ0n) is 11.3. The van der Waals surface area contributed by atoms with Gasteiger partial charge in [-0.15, -0.1) is 0 Å². The minimum Gasteiger partial charge on any atom is -0.479 e. The molecule has 0 spiro atoms. The lowest BCUT2D eigenvalue weighted by Crippen LogP contribution is -2.37. The molecule has 5 nitrogen and oxygen atoms in total. The van der Waals surface area contributed by atoms with Crippen LogP contribution in [0.15, 0.2) is 18.2 Å². The molecule has 0 radical (unpaired) electrons. The molecule has 114 valence electrons. The average molecular weight is 299 g/mol. The molecule has 1 unspecified atom stereocenters. The number of amides is 1. The third-order valence-corrected chi connectivity index (χ3v) is 3.37. The van der Waals surface area contributed by atoms with Gasteiger partial charge in [0.2, 0.25) is 5.91 Å². The number of nitrogens with one attached hydrogen (secondary N) is 1. The summed E-state index contributed by atoms with van der Waals surface area (Å²) in [5, 5.41) is 11.3. The fourth-order valence-electron chi connectivity index (χ4n) is 2.24. The molecule has 1 aliphatic rings. The number of carbonyl (C=O) groups is 2. The van der Waals surface area contributed by atoms with Crippen molar-refractivity contribution in [3.05, 3.63) is 35.4 Å². The summed E-state index contributed by atoms with van der Waals surface area (Å²) in [5.74, 6) is -2.88. The van der Waals surface area contributed by atoms with Crippen molar-refractivity contribution < 1.29 is 28.2 Å². The second kappa shape index (κ2) is 6.17. The number of hydrogen-bond acceptors (Lipinski definition) is 3. The highest BCUT2D eigenvalue weighted by Crippen LogP contribution is 2.22. The van der Waals surface area contributed by atoms with E-state index in [0.717, 1.165) is 18.2 Å². The van der Waals surface area contributed by atoms with Crippen molar-refractivity contribution in [2.45, 2.75) is 38.0 Å². The van der Waals surface area contributed by atoms with Gasteiger partial charge in [0.25, 0.3) is 0 Å². The Kier molecular flexibility index (Phi) is 4.52. The van der Waals surface area contributed by atoms with Gasteiger partial charge in [-0.1, -0.05) is 0 Å². The summed E-state index contributed by atoms with van der Waals surface area (Å²) in [6.07, 6.45) is -1.36. The van der Waals surface area contributed by atoms with E-state index < -0.39 is 41.8 Å². The smallest absolute Gasteiger partial charge is 0.332 e. The van der Waals surface area contributed by atoms with Crippen LogP contribution >= 0.6 is 0 Å². The van der Waals surface area contributed by atoms with Gasteiger partial charge in [0.1, 0.15) is 17.7 Å². The molecule has 7 heteroatoms. The Morgan fingerprint density at radius 1 is 1.33 bits per heavy atom. The van der Waals surface area contributed by atoms with E-state index in [0.29, 0.717) is 0 Å². The number of rotatable bonds is 4. The molecule has 0 aliphatic carbocycles. The summed E-state index contributed by atoms with van der Waals surface area (Å²) in [5.41, 5.74) is 0.0242. The second-order valence-corrected chi connectivity index (χ2v) is 4.93. The van der Waals surface area contributed by atoms with Crippen LogP contribution < -0.4 is 5.32 Å². The highest BCUT2D eigenvalue weighted by molar-refractivity contribution is 5.83. The Bertz CT molecular complexity index is 564. The van der Waals surface area contributed by atoms with Gasteiger partial charge in [0.15, 0.2) is 6.10 Å². The van der Waals surface area contributed by atoms with Gasteiger partial charge in [0.05, 0.1) is 6.04 Å². The molecule has 0 aromatic heterocycles. The molecule has 1 aliphatic heterocycles. The minimum atomic E-state index is -1.12. The number of aliphatic carboxylic acids is 1. The van der Waals surface area contributed by atoms with Crippen molar-refractivity contribution in [1.82, 2.24) is 5.32 Å². The minimum absolute atomic E-state index is 0.0242. The Labute approximate surface area is 119 Å². The molecule has 1 amide bonds. The van der Waals surface area contributed by atoms with E-state index in [2.05, 4.69) is 5.32 Å². The van der Waals surface area contributed by atoms with Crippen molar-refractivity contribution in [3.8, 4) is 0 Å². The van der Waals surface area contributed by atoms with Gasteiger partial charge in [-0.05, 0) is 38.0 Å². The number of ether oxygens (including phenoxy) is 1. The van der Waals surface area contributed by atoms with Crippen molar-refractivity contribution in [3.63, 3.8) is 0 Å². The lowest BCUT2D eigenvalue weighted by Gasteiger charge is -2.18. The molecular formula is C14H15F2NO4. The molecule has 2 rings (SSSR count). The van der Waals surface area contributed by atoms with E-state index in [1.807, 2.05) is 0 Å². The summed E-state index contributed by atoms with van der Waals surface area (Å²) in [6, 6.07) is 2.24. The Hall–Kier alpha value is -2.02. The van der Waals surface area contributed by atoms with Crippen LogP contribution in [-0.4, -0.2) is 29.2 Å². The quantitative estimate of drug-likeness (QED) is 0.888. The second-order valence-electron chi connectivity index (χ2n) is 4.93. The Morgan fingerprint density at radius 3 is 2.62 bits per heavy atom. The molecule has 1 saturated heterocycles. The van der Waals surface area contributed by atoms with Crippen molar-refractivity contribution in [2.75, 3.05) is 0 Å². The maximum Gasteiger partial charge on any atom is 0.332 e. The number of hydrogen-bond donors (Lipinski definition) is 2. The van der Waals surface area contributed by atoms with E-state index in [1.165, 1.54) is 6.92 Å². The molecule has 1 fully saturated rings. The first-order valence-corrected chi connectivity index (χ1v) is 6.52. The SMILES string of the molecule is CC(NC(=O)[C@@H]1CC[C@H](C(=O)O)O1)c1cc(F)ccc1F. The largest absolute Gasteiger partial charge is 0.479 e. The molecular weight excluding hydrogens is 284 g/mol. The summed E-state index contributed by atoms with van der Waals surface area (Å²) in [4.78, 5) is 22.7. The van der Waals surface area contributed by atoms with Crippen molar-refractivity contribution in [1.29, 1.82) is 0 Å². The maximum atomic E-state index is 13.6. The fraction of sp³-hybridized carbons (Fsp3) is 0.429. The van der Waals surface area contributed by atoms with E-state index in [-0.39, 0.29) is 18.4 Å². The van der Waals surface area contributed by atoms with E-state index in [9.17, 15) is 18.4 Å². The molecule has 0 saturated carbocycles. The number of carboxylic acid groups (broad SMARTS) is 1. The number of halogens is 2. The van der Waals surface area contributed by atoms with Crippen LogP contribution in [0.4, 0.5) is 8.78 Å². The Balaban J connectivity index is 1.99.